The molecule has 8 nitrogen and oxygen atoms in total. The van der Waals surface area contributed by atoms with Crippen molar-refractivity contribution in [1.82, 2.24) is 6.15 Å². The first-order valence-corrected chi connectivity index (χ1v) is 5.24. The van der Waals surface area contributed by atoms with Gasteiger partial charge in [-0.25, -0.2) is 4.79 Å². The number of nitrogens with zero attached hydrogens (tertiary/aromatic N) is 1. The van der Waals surface area contributed by atoms with Gasteiger partial charge in [0.05, 0.1) is 6.07 Å². The highest BCUT2D eigenvalue weighted by atomic mass is 16.4. The highest BCUT2D eigenvalue weighted by Gasteiger charge is 1.90. The summed E-state index contributed by atoms with van der Waals surface area (Å²) in [6, 6.07) is 1.69. The molecule has 0 heterocycles. The maximum atomic E-state index is 9.82. The van der Waals surface area contributed by atoms with Crippen LogP contribution < -0.4 is 17.6 Å². The van der Waals surface area contributed by atoms with E-state index in [1.165, 1.54) is 13.0 Å². The highest BCUT2D eigenvalue weighted by Crippen LogP contribution is 1.81. The number of hydrogen-bond acceptors (Lipinski definition) is 5. The van der Waals surface area contributed by atoms with Gasteiger partial charge in [-0.3, -0.25) is 9.59 Å². The first-order valence-electron chi connectivity index (χ1n) is 5.24. The van der Waals surface area contributed by atoms with Crippen LogP contribution in [0.3, 0.4) is 0 Å². The van der Waals surface area contributed by atoms with Crippen LogP contribution in [0.1, 0.15) is 13.8 Å². The summed E-state index contributed by atoms with van der Waals surface area (Å²) in [5, 5.41) is 15.4. The Morgan fingerprint density at radius 1 is 1.09 bits per heavy atom. The Bertz CT molecular complexity index is 400. The summed E-state index contributed by atoms with van der Waals surface area (Å²) in [6.07, 6.45) is 2.24. The van der Waals surface area contributed by atoms with Crippen LogP contribution in [0.4, 0.5) is 0 Å². The van der Waals surface area contributed by atoms with Crippen molar-refractivity contribution in [3.05, 3.63) is 49.6 Å². The Kier molecular flexibility index (Phi) is 32.6. The van der Waals surface area contributed by atoms with Gasteiger partial charge in [-0.05, 0) is 19.9 Å². The second kappa shape index (κ2) is 23.0. The number of amides is 2. The Labute approximate surface area is 130 Å². The molecule has 0 rings (SSSR count). The number of nitrogens with two attached hydrogens (primary N) is 2. The normalized spacial score (nSPS) is 6.23. The van der Waals surface area contributed by atoms with Crippen molar-refractivity contribution in [3.63, 3.8) is 0 Å². The number of primary amides is 2. The summed E-state index contributed by atoms with van der Waals surface area (Å²) in [6.45, 7) is 15.7. The maximum Gasteiger partial charge on any atom is 0.330 e. The molecule has 0 aromatic heterocycles. The summed E-state index contributed by atoms with van der Waals surface area (Å²) < 4.78 is 0. The third-order valence-electron chi connectivity index (χ3n) is 1.08. The fraction of sp³-hybridized carbons (Fsp3) is 0.143. The van der Waals surface area contributed by atoms with E-state index in [1.807, 2.05) is 0 Å². The molecule has 8 N–H and O–H groups in total. The third kappa shape index (κ3) is 68.8. The molecule has 0 aliphatic carbocycles. The zero-order valence-electron chi connectivity index (χ0n) is 13.0. The van der Waals surface area contributed by atoms with Gasteiger partial charge in [0, 0.05) is 17.2 Å². The van der Waals surface area contributed by atoms with E-state index in [-0.39, 0.29) is 11.7 Å². The molecule has 0 fully saturated rings. The van der Waals surface area contributed by atoms with E-state index in [2.05, 4.69) is 32.0 Å². The lowest BCUT2D eigenvalue weighted by atomic mass is 10.3. The molecule has 0 bridgehead atoms. The molecule has 0 saturated heterocycles. The first-order chi connectivity index (χ1) is 9.47. The minimum Gasteiger partial charge on any atom is -0.478 e. The van der Waals surface area contributed by atoms with Gasteiger partial charge < -0.3 is 22.7 Å². The minimum absolute atomic E-state index is 0. The van der Waals surface area contributed by atoms with Gasteiger partial charge in [0.25, 0.3) is 0 Å². The quantitative estimate of drug-likeness (QED) is 0.448. The number of rotatable bonds is 3. The zero-order valence-corrected chi connectivity index (χ0v) is 13.0. The summed E-state index contributed by atoms with van der Waals surface area (Å²) in [4.78, 5) is 28.9. The van der Waals surface area contributed by atoms with E-state index in [0.29, 0.717) is 5.57 Å². The Morgan fingerprint density at radius 3 is 1.27 bits per heavy atom. The van der Waals surface area contributed by atoms with Crippen molar-refractivity contribution < 1.29 is 19.5 Å². The molecular formula is C14H24N4O4. The molecule has 8 heteroatoms. The van der Waals surface area contributed by atoms with Crippen molar-refractivity contribution in [3.8, 4) is 6.07 Å². The van der Waals surface area contributed by atoms with Gasteiger partial charge in [-0.2, -0.15) is 5.26 Å². The molecule has 22 heavy (non-hydrogen) atoms. The van der Waals surface area contributed by atoms with Gasteiger partial charge >= 0.3 is 5.97 Å². The van der Waals surface area contributed by atoms with Gasteiger partial charge in [-0.1, -0.05) is 26.3 Å². The third-order valence-corrected chi connectivity index (χ3v) is 1.08. The highest BCUT2D eigenvalue weighted by molar-refractivity contribution is 5.90. The van der Waals surface area contributed by atoms with E-state index in [1.54, 1.807) is 13.0 Å². The molecule has 0 spiro atoms. The molecular weight excluding hydrogens is 288 g/mol. The molecule has 124 valence electrons. The van der Waals surface area contributed by atoms with Crippen LogP contribution in [0.2, 0.25) is 0 Å². The topological polar surface area (TPSA) is 182 Å². The summed E-state index contributed by atoms with van der Waals surface area (Å²) >= 11 is 0. The zero-order chi connectivity index (χ0) is 18.0. The number of carbonyl (C=O) groups is 3. The predicted octanol–water partition coefficient (Wildman–Crippen LogP) is 1.21. The molecule has 2 amide bonds. The molecule has 0 radical (unpaired) electrons. The lowest BCUT2D eigenvalue weighted by Gasteiger charge is -1.81. The Hall–Kier alpha value is -3.18. The Balaban J connectivity index is -0.0000000582. The number of nitriles is 1. The minimum atomic E-state index is -0.935. The average molecular weight is 312 g/mol. The number of carbonyl (C=O) groups excluding carboxylic acids is 2. The fourth-order valence-corrected chi connectivity index (χ4v) is 0. The van der Waals surface area contributed by atoms with Crippen LogP contribution in [-0.4, -0.2) is 22.9 Å². The van der Waals surface area contributed by atoms with Gasteiger partial charge in [-0.15, -0.1) is 0 Å². The summed E-state index contributed by atoms with van der Waals surface area (Å²) in [7, 11) is 0. The van der Waals surface area contributed by atoms with Crippen molar-refractivity contribution in [2.24, 2.45) is 11.5 Å². The van der Waals surface area contributed by atoms with Crippen LogP contribution in [0.15, 0.2) is 49.6 Å². The smallest absolute Gasteiger partial charge is 0.330 e. The van der Waals surface area contributed by atoms with Gasteiger partial charge in [0.1, 0.15) is 0 Å². The van der Waals surface area contributed by atoms with E-state index in [4.69, 9.17) is 16.1 Å². The van der Waals surface area contributed by atoms with Crippen LogP contribution >= 0.6 is 0 Å². The van der Waals surface area contributed by atoms with Crippen molar-refractivity contribution in [1.29, 1.82) is 5.26 Å². The monoisotopic (exact) mass is 312 g/mol. The number of allylic oxidation sites excluding steroid dienone is 1. The maximum absolute atomic E-state index is 9.82. The second-order valence-corrected chi connectivity index (χ2v) is 3.17. The lowest BCUT2D eigenvalue weighted by Crippen LogP contribution is -2.10. The number of carboxylic acid groups (broad SMARTS) is 1. The van der Waals surface area contributed by atoms with E-state index in [0.717, 1.165) is 6.08 Å². The first kappa shape index (κ1) is 31.3. The molecule has 0 unspecified atom stereocenters. The van der Waals surface area contributed by atoms with Crippen molar-refractivity contribution in [2.75, 3.05) is 0 Å². The number of hydrogen-bond donors (Lipinski definition) is 4. The molecule has 0 aromatic rings. The van der Waals surface area contributed by atoms with Crippen molar-refractivity contribution >= 4 is 17.8 Å². The van der Waals surface area contributed by atoms with Crippen LogP contribution in [0.5, 0.6) is 0 Å². The number of carboxylic acids is 1. The molecule has 0 atom stereocenters. The average Bonchev–Trinajstić information content (AvgIpc) is 2.40. The van der Waals surface area contributed by atoms with Gasteiger partial charge in [0.2, 0.25) is 11.8 Å². The SMILES string of the molecule is C=C(C)C(=O)O.C=C(C)C(N)=O.C=CC#N.C=CC(N)=O.N. The van der Waals surface area contributed by atoms with Crippen LogP contribution in [0.25, 0.3) is 0 Å². The van der Waals surface area contributed by atoms with E-state index in [9.17, 15) is 14.4 Å². The van der Waals surface area contributed by atoms with Crippen LogP contribution in [-0.2, 0) is 14.4 Å². The summed E-state index contributed by atoms with van der Waals surface area (Å²) in [5.74, 6) is -1.85. The molecule has 0 aliphatic rings. The van der Waals surface area contributed by atoms with Crippen molar-refractivity contribution in [2.45, 2.75) is 13.8 Å². The predicted molar refractivity (Wildman–Crippen MR) is 86.7 cm³/mol. The van der Waals surface area contributed by atoms with E-state index < -0.39 is 17.8 Å². The molecule has 0 aliphatic heterocycles. The number of aliphatic carboxylic acids is 1. The van der Waals surface area contributed by atoms with Gasteiger partial charge in [0.15, 0.2) is 0 Å². The fourth-order valence-electron chi connectivity index (χ4n) is 0. The standard InChI is InChI=1S/C4H7NO.C4H6O2.C3H5NO.C3H3N.H3N/c2*1-3(2)4(5)6;1-2-3(4)5;1-2-3-4;/h1H2,2H3,(H2,5,6);1H2,2H3,(H,5,6);2H,1H2,(H2,4,5);2H,1H2;1H3. The molecule has 0 aromatic carbocycles. The van der Waals surface area contributed by atoms with Crippen LogP contribution in [0, 0.1) is 11.3 Å². The second-order valence-electron chi connectivity index (χ2n) is 3.17. The van der Waals surface area contributed by atoms with E-state index >= 15 is 0 Å². The lowest BCUT2D eigenvalue weighted by molar-refractivity contribution is -0.132. The largest absolute Gasteiger partial charge is 0.478 e. The Morgan fingerprint density at radius 2 is 1.27 bits per heavy atom. The molecule has 0 saturated carbocycles. The summed E-state index contributed by atoms with van der Waals surface area (Å²) in [5.41, 5.74) is 9.81.